The molecule has 4 heteroatoms. The molecule has 0 bridgehead atoms. The molecule has 0 amide bonds. The second-order valence-electron chi connectivity index (χ2n) is 2.17. The molecule has 0 spiro atoms. The summed E-state index contributed by atoms with van der Waals surface area (Å²) < 4.78 is 4.85. The normalized spacial score (nSPS) is 12.9. The number of aromatic nitrogens is 2. The summed E-state index contributed by atoms with van der Waals surface area (Å²) in [6, 6.07) is 1.53. The highest BCUT2D eigenvalue weighted by molar-refractivity contribution is 4.94. The molecule has 0 saturated carbocycles. The van der Waals surface area contributed by atoms with E-state index < -0.39 is 0 Å². The SMILES string of the molecule is COC[C@H](N)c1ncccn1. The zero-order chi connectivity index (χ0) is 8.10. The van der Waals surface area contributed by atoms with E-state index in [0.717, 1.165) is 0 Å². The largest absolute Gasteiger partial charge is 0.383 e. The van der Waals surface area contributed by atoms with E-state index in [9.17, 15) is 0 Å². The molecule has 0 aromatic carbocycles. The van der Waals surface area contributed by atoms with Crippen LogP contribution in [0.5, 0.6) is 0 Å². The van der Waals surface area contributed by atoms with Crippen molar-refractivity contribution >= 4 is 0 Å². The zero-order valence-corrected chi connectivity index (χ0v) is 6.40. The van der Waals surface area contributed by atoms with Crippen LogP contribution in [-0.4, -0.2) is 23.7 Å². The van der Waals surface area contributed by atoms with E-state index in [4.69, 9.17) is 10.5 Å². The summed E-state index contributed by atoms with van der Waals surface area (Å²) in [5, 5.41) is 0. The summed E-state index contributed by atoms with van der Waals surface area (Å²) >= 11 is 0. The van der Waals surface area contributed by atoms with Crippen molar-refractivity contribution in [3.63, 3.8) is 0 Å². The Hall–Kier alpha value is -1.00. The van der Waals surface area contributed by atoms with Gasteiger partial charge in [-0.25, -0.2) is 9.97 Å². The van der Waals surface area contributed by atoms with Crippen LogP contribution in [0.3, 0.4) is 0 Å². The molecule has 1 aromatic rings. The number of nitrogens with two attached hydrogens (primary N) is 1. The first kappa shape index (κ1) is 8.10. The minimum absolute atomic E-state index is 0.221. The molecule has 1 rings (SSSR count). The van der Waals surface area contributed by atoms with Crippen molar-refractivity contribution in [3.05, 3.63) is 24.3 Å². The van der Waals surface area contributed by atoms with Crippen LogP contribution in [0, 0.1) is 0 Å². The van der Waals surface area contributed by atoms with Gasteiger partial charge in [-0.1, -0.05) is 0 Å². The van der Waals surface area contributed by atoms with Crippen LogP contribution in [0.1, 0.15) is 11.9 Å². The lowest BCUT2D eigenvalue weighted by Gasteiger charge is -2.06. The molecule has 0 aliphatic rings. The van der Waals surface area contributed by atoms with Crippen molar-refractivity contribution in [2.24, 2.45) is 5.73 Å². The van der Waals surface area contributed by atoms with Crippen molar-refractivity contribution in [1.29, 1.82) is 0 Å². The topological polar surface area (TPSA) is 61.0 Å². The second kappa shape index (κ2) is 4.00. The molecule has 0 fully saturated rings. The maximum Gasteiger partial charge on any atom is 0.147 e. The Morgan fingerprint density at radius 2 is 2.18 bits per heavy atom. The predicted molar refractivity (Wildman–Crippen MR) is 40.8 cm³/mol. The lowest BCUT2D eigenvalue weighted by Crippen LogP contribution is -2.18. The smallest absolute Gasteiger partial charge is 0.147 e. The van der Waals surface area contributed by atoms with Gasteiger partial charge in [-0.3, -0.25) is 0 Å². The lowest BCUT2D eigenvalue weighted by atomic mass is 10.3. The monoisotopic (exact) mass is 153 g/mol. The Kier molecular flexibility index (Phi) is 2.95. The standard InChI is InChI=1S/C7H11N3O/c1-11-5-6(8)7-9-3-2-4-10-7/h2-4,6H,5,8H2,1H3/t6-/m0/s1. The van der Waals surface area contributed by atoms with Crippen LogP contribution < -0.4 is 5.73 Å². The zero-order valence-electron chi connectivity index (χ0n) is 6.40. The van der Waals surface area contributed by atoms with Crippen LogP contribution in [0.25, 0.3) is 0 Å². The molecule has 0 unspecified atom stereocenters. The number of hydrogen-bond donors (Lipinski definition) is 1. The van der Waals surface area contributed by atoms with E-state index in [1.807, 2.05) is 0 Å². The van der Waals surface area contributed by atoms with Gasteiger partial charge in [-0.15, -0.1) is 0 Å². The Bertz CT molecular complexity index is 202. The molecule has 1 atom stereocenters. The van der Waals surface area contributed by atoms with Gasteiger partial charge in [0.15, 0.2) is 0 Å². The fourth-order valence-corrected chi connectivity index (χ4v) is 0.756. The van der Waals surface area contributed by atoms with E-state index in [2.05, 4.69) is 9.97 Å². The van der Waals surface area contributed by atoms with E-state index in [-0.39, 0.29) is 6.04 Å². The van der Waals surface area contributed by atoms with E-state index in [1.54, 1.807) is 25.6 Å². The Balaban J connectivity index is 2.61. The molecule has 4 nitrogen and oxygen atoms in total. The van der Waals surface area contributed by atoms with E-state index in [1.165, 1.54) is 0 Å². The average Bonchev–Trinajstić information content (AvgIpc) is 2.07. The van der Waals surface area contributed by atoms with Gasteiger partial charge < -0.3 is 10.5 Å². The third-order valence-corrected chi connectivity index (χ3v) is 1.26. The molecule has 0 aliphatic heterocycles. The third kappa shape index (κ3) is 2.25. The lowest BCUT2D eigenvalue weighted by molar-refractivity contribution is 0.178. The molecule has 1 heterocycles. The van der Waals surface area contributed by atoms with Gasteiger partial charge in [0.25, 0.3) is 0 Å². The van der Waals surface area contributed by atoms with Crippen LogP contribution >= 0.6 is 0 Å². The molecule has 60 valence electrons. The van der Waals surface area contributed by atoms with Gasteiger partial charge in [0.1, 0.15) is 5.82 Å². The van der Waals surface area contributed by atoms with Gasteiger partial charge in [0.2, 0.25) is 0 Å². The Morgan fingerprint density at radius 1 is 1.55 bits per heavy atom. The Morgan fingerprint density at radius 3 is 2.73 bits per heavy atom. The first-order valence-corrected chi connectivity index (χ1v) is 3.36. The van der Waals surface area contributed by atoms with Gasteiger partial charge in [0.05, 0.1) is 12.6 Å². The van der Waals surface area contributed by atoms with Gasteiger partial charge >= 0.3 is 0 Å². The second-order valence-corrected chi connectivity index (χ2v) is 2.17. The average molecular weight is 153 g/mol. The van der Waals surface area contributed by atoms with Crippen molar-refractivity contribution in [2.45, 2.75) is 6.04 Å². The number of hydrogen-bond acceptors (Lipinski definition) is 4. The fraction of sp³-hybridized carbons (Fsp3) is 0.429. The number of rotatable bonds is 3. The number of nitrogens with zero attached hydrogens (tertiary/aromatic N) is 2. The summed E-state index contributed by atoms with van der Waals surface area (Å²) in [4.78, 5) is 7.96. The van der Waals surface area contributed by atoms with E-state index >= 15 is 0 Å². The summed E-state index contributed by atoms with van der Waals surface area (Å²) in [5.74, 6) is 0.620. The van der Waals surface area contributed by atoms with Crippen LogP contribution in [0.4, 0.5) is 0 Å². The fourth-order valence-electron chi connectivity index (χ4n) is 0.756. The number of ether oxygens (including phenoxy) is 1. The third-order valence-electron chi connectivity index (χ3n) is 1.26. The maximum absolute atomic E-state index is 5.66. The van der Waals surface area contributed by atoms with E-state index in [0.29, 0.717) is 12.4 Å². The highest BCUT2D eigenvalue weighted by atomic mass is 16.5. The minimum Gasteiger partial charge on any atom is -0.383 e. The van der Waals surface area contributed by atoms with Crippen molar-refractivity contribution in [2.75, 3.05) is 13.7 Å². The minimum atomic E-state index is -0.221. The summed E-state index contributed by atoms with van der Waals surface area (Å²) in [6.07, 6.45) is 3.33. The van der Waals surface area contributed by atoms with Gasteiger partial charge in [-0.2, -0.15) is 0 Å². The summed E-state index contributed by atoms with van der Waals surface area (Å²) in [5.41, 5.74) is 5.66. The van der Waals surface area contributed by atoms with Crippen molar-refractivity contribution in [1.82, 2.24) is 9.97 Å². The molecule has 0 saturated heterocycles. The molecule has 11 heavy (non-hydrogen) atoms. The molecule has 0 aliphatic carbocycles. The first-order chi connectivity index (χ1) is 5.34. The quantitative estimate of drug-likeness (QED) is 0.670. The van der Waals surface area contributed by atoms with Crippen LogP contribution in [-0.2, 0) is 4.74 Å². The molecular weight excluding hydrogens is 142 g/mol. The molecule has 2 N–H and O–H groups in total. The highest BCUT2D eigenvalue weighted by Gasteiger charge is 2.06. The van der Waals surface area contributed by atoms with Gasteiger partial charge in [-0.05, 0) is 6.07 Å². The summed E-state index contributed by atoms with van der Waals surface area (Å²) in [7, 11) is 1.60. The Labute approximate surface area is 65.4 Å². The number of methoxy groups -OCH3 is 1. The van der Waals surface area contributed by atoms with Crippen molar-refractivity contribution in [3.8, 4) is 0 Å². The summed E-state index contributed by atoms with van der Waals surface area (Å²) in [6.45, 7) is 0.448. The van der Waals surface area contributed by atoms with Crippen LogP contribution in [0.15, 0.2) is 18.5 Å². The van der Waals surface area contributed by atoms with Crippen molar-refractivity contribution < 1.29 is 4.74 Å². The van der Waals surface area contributed by atoms with Gasteiger partial charge in [0, 0.05) is 19.5 Å². The molecule has 0 radical (unpaired) electrons. The molecular formula is C7H11N3O. The highest BCUT2D eigenvalue weighted by Crippen LogP contribution is 2.00. The predicted octanol–water partition coefficient (Wildman–Crippen LogP) is 0.123. The maximum atomic E-state index is 5.66. The first-order valence-electron chi connectivity index (χ1n) is 3.36. The van der Waals surface area contributed by atoms with Crippen LogP contribution in [0.2, 0.25) is 0 Å². The molecule has 1 aromatic heterocycles.